The topological polar surface area (TPSA) is 105 Å². The molecule has 1 N–H and O–H groups in total. The molecule has 0 unspecified atom stereocenters. The van der Waals surface area contributed by atoms with Crippen LogP contribution in [0.3, 0.4) is 0 Å². The molecule has 0 radical (unpaired) electrons. The number of benzene rings is 3. The van der Waals surface area contributed by atoms with Gasteiger partial charge in [-0.15, -0.1) is 0 Å². The summed E-state index contributed by atoms with van der Waals surface area (Å²) in [6.07, 6.45) is 3.82. The van der Waals surface area contributed by atoms with Gasteiger partial charge in [-0.3, -0.25) is 13.9 Å². The Morgan fingerprint density at radius 2 is 1.45 bits per heavy atom. The Morgan fingerprint density at radius 1 is 0.905 bits per heavy atom. The highest BCUT2D eigenvalue weighted by Crippen LogP contribution is 2.26. The van der Waals surface area contributed by atoms with E-state index >= 15 is 0 Å². The van der Waals surface area contributed by atoms with Crippen LogP contribution in [0.1, 0.15) is 38.2 Å². The molecule has 0 aliphatic heterocycles. The van der Waals surface area contributed by atoms with Crippen molar-refractivity contribution in [2.75, 3.05) is 25.1 Å². The van der Waals surface area contributed by atoms with Crippen molar-refractivity contribution in [2.45, 2.75) is 56.1 Å². The van der Waals surface area contributed by atoms with E-state index in [0.717, 1.165) is 47.7 Å². The fourth-order valence-corrected chi connectivity index (χ4v) is 6.33. The first-order chi connectivity index (χ1) is 20.1. The summed E-state index contributed by atoms with van der Waals surface area (Å²) in [6.45, 7) is 1.07. The molecular weight excluding hydrogens is 561 g/mol. The van der Waals surface area contributed by atoms with Crippen LogP contribution in [0.4, 0.5) is 10.1 Å². The maximum atomic E-state index is 14.0. The number of rotatable bonds is 12. The molecule has 11 heteroatoms. The molecule has 224 valence electrons. The van der Waals surface area contributed by atoms with Crippen molar-refractivity contribution < 1.29 is 31.9 Å². The molecule has 1 aliphatic carbocycles. The Labute approximate surface area is 246 Å². The molecule has 1 saturated carbocycles. The van der Waals surface area contributed by atoms with Crippen molar-refractivity contribution >= 4 is 27.5 Å². The highest BCUT2D eigenvalue weighted by Gasteiger charge is 2.33. The van der Waals surface area contributed by atoms with Crippen LogP contribution < -0.4 is 19.1 Å². The molecule has 2 amide bonds. The Bertz CT molecular complexity index is 1460. The molecule has 9 nitrogen and oxygen atoms in total. The molecule has 0 aromatic heterocycles. The molecule has 1 fully saturated rings. The van der Waals surface area contributed by atoms with Gasteiger partial charge in [-0.2, -0.15) is 0 Å². The second kappa shape index (κ2) is 13.7. The summed E-state index contributed by atoms with van der Waals surface area (Å²) in [5.74, 6) is -0.357. The summed E-state index contributed by atoms with van der Waals surface area (Å²) in [6, 6.07) is 16.8. The predicted octanol–water partition coefficient (Wildman–Crippen LogP) is 4.51. The number of hydrogen-bond acceptors (Lipinski definition) is 6. The molecule has 4 rings (SSSR count). The number of carbonyl (C=O) groups is 2. The van der Waals surface area contributed by atoms with Crippen molar-refractivity contribution in [3.05, 3.63) is 84.2 Å². The van der Waals surface area contributed by atoms with Gasteiger partial charge in [-0.05, 0) is 86.0 Å². The summed E-state index contributed by atoms with van der Waals surface area (Å²) in [5.41, 5.74) is 0.837. The molecular formula is C31H36FN3O6S. The van der Waals surface area contributed by atoms with E-state index in [9.17, 15) is 22.4 Å². The third-order valence-corrected chi connectivity index (χ3v) is 9.21. The Balaban J connectivity index is 1.67. The number of sulfonamides is 1. The molecule has 1 atom stereocenters. The van der Waals surface area contributed by atoms with Crippen molar-refractivity contribution in [3.8, 4) is 11.5 Å². The Hall–Kier alpha value is -4.12. The van der Waals surface area contributed by atoms with Crippen molar-refractivity contribution in [2.24, 2.45) is 0 Å². The average Bonchev–Trinajstić information content (AvgIpc) is 3.52. The van der Waals surface area contributed by atoms with E-state index in [1.165, 1.54) is 48.4 Å². The van der Waals surface area contributed by atoms with Crippen molar-refractivity contribution in [1.29, 1.82) is 0 Å². The fraction of sp³-hybridized carbons (Fsp3) is 0.355. The minimum absolute atomic E-state index is 0.0454. The van der Waals surface area contributed by atoms with E-state index in [1.54, 1.807) is 38.3 Å². The Kier molecular flexibility index (Phi) is 10.1. The van der Waals surface area contributed by atoms with E-state index in [0.29, 0.717) is 11.5 Å². The maximum Gasteiger partial charge on any atom is 0.264 e. The molecule has 0 saturated heterocycles. The minimum atomic E-state index is -4.28. The van der Waals surface area contributed by atoms with Gasteiger partial charge in [0.2, 0.25) is 11.8 Å². The van der Waals surface area contributed by atoms with E-state index in [1.807, 2.05) is 0 Å². The lowest BCUT2D eigenvalue weighted by molar-refractivity contribution is -0.139. The maximum absolute atomic E-state index is 14.0. The number of nitrogens with one attached hydrogen (secondary N) is 1. The van der Waals surface area contributed by atoms with Crippen LogP contribution in [0.25, 0.3) is 0 Å². The smallest absolute Gasteiger partial charge is 0.264 e. The normalized spacial score (nSPS) is 14.2. The largest absolute Gasteiger partial charge is 0.497 e. The first kappa shape index (κ1) is 30.8. The second-order valence-corrected chi connectivity index (χ2v) is 12.1. The van der Waals surface area contributed by atoms with Crippen LogP contribution in [-0.4, -0.2) is 58.0 Å². The number of anilines is 1. The van der Waals surface area contributed by atoms with Crippen molar-refractivity contribution in [3.63, 3.8) is 0 Å². The standard InChI is InChI=1S/C31H36FN3O6S/c1-22(31(37)33-25-6-4-5-7-25)34(20-23-8-14-27(40-2)15-9-23)30(36)21-35(26-12-10-24(32)11-13-26)42(38,39)29-18-16-28(41-3)17-19-29/h8-19,22,25H,4-7,20-21H2,1-3H3,(H,33,37)/t22-/m1/s1. The number of amides is 2. The van der Waals surface area contributed by atoms with Gasteiger partial charge in [0.15, 0.2) is 0 Å². The van der Waals surface area contributed by atoms with Gasteiger partial charge >= 0.3 is 0 Å². The first-order valence-corrected chi connectivity index (χ1v) is 15.2. The van der Waals surface area contributed by atoms with E-state index in [-0.39, 0.29) is 29.1 Å². The third kappa shape index (κ3) is 7.39. The van der Waals surface area contributed by atoms with Gasteiger partial charge in [-0.1, -0.05) is 25.0 Å². The molecule has 1 aliphatic rings. The zero-order valence-corrected chi connectivity index (χ0v) is 24.8. The number of methoxy groups -OCH3 is 2. The van der Waals surface area contributed by atoms with E-state index < -0.39 is 34.3 Å². The molecule has 0 bridgehead atoms. The highest BCUT2D eigenvalue weighted by molar-refractivity contribution is 7.92. The van der Waals surface area contributed by atoms with Gasteiger partial charge in [0.05, 0.1) is 24.8 Å². The summed E-state index contributed by atoms with van der Waals surface area (Å²) in [5, 5.41) is 3.04. The lowest BCUT2D eigenvalue weighted by Gasteiger charge is -2.32. The van der Waals surface area contributed by atoms with Gasteiger partial charge in [0.25, 0.3) is 10.0 Å². The number of halogens is 1. The van der Waals surface area contributed by atoms with Crippen LogP contribution in [0.5, 0.6) is 11.5 Å². The highest BCUT2D eigenvalue weighted by atomic mass is 32.2. The summed E-state index contributed by atoms with van der Waals surface area (Å²) in [7, 11) is -1.26. The Morgan fingerprint density at radius 3 is 2.00 bits per heavy atom. The van der Waals surface area contributed by atoms with Crippen LogP contribution in [-0.2, 0) is 26.2 Å². The second-order valence-electron chi connectivity index (χ2n) is 10.2. The van der Waals surface area contributed by atoms with Crippen LogP contribution in [0, 0.1) is 5.82 Å². The zero-order chi connectivity index (χ0) is 30.3. The zero-order valence-electron chi connectivity index (χ0n) is 24.0. The van der Waals surface area contributed by atoms with Gasteiger partial charge in [0.1, 0.15) is 29.9 Å². The molecule has 0 spiro atoms. The molecule has 42 heavy (non-hydrogen) atoms. The summed E-state index contributed by atoms with van der Waals surface area (Å²) >= 11 is 0. The summed E-state index contributed by atoms with van der Waals surface area (Å²) in [4.78, 5) is 28.6. The number of hydrogen-bond donors (Lipinski definition) is 1. The van der Waals surface area contributed by atoms with E-state index in [2.05, 4.69) is 5.32 Å². The lowest BCUT2D eigenvalue weighted by atomic mass is 10.1. The van der Waals surface area contributed by atoms with E-state index in [4.69, 9.17) is 9.47 Å². The molecule has 3 aromatic rings. The van der Waals surface area contributed by atoms with Crippen LogP contribution in [0.2, 0.25) is 0 Å². The van der Waals surface area contributed by atoms with Crippen LogP contribution >= 0.6 is 0 Å². The number of nitrogens with zero attached hydrogens (tertiary/aromatic N) is 2. The fourth-order valence-electron chi connectivity index (χ4n) is 4.91. The lowest BCUT2D eigenvalue weighted by Crippen LogP contribution is -2.52. The average molecular weight is 598 g/mol. The SMILES string of the molecule is COc1ccc(CN(C(=O)CN(c2ccc(F)cc2)S(=O)(=O)c2ccc(OC)cc2)[C@H](C)C(=O)NC2CCCC2)cc1. The van der Waals surface area contributed by atoms with Gasteiger partial charge < -0.3 is 19.7 Å². The third-order valence-electron chi connectivity index (χ3n) is 7.42. The van der Waals surface area contributed by atoms with Gasteiger partial charge in [-0.25, -0.2) is 12.8 Å². The number of carbonyl (C=O) groups excluding carboxylic acids is 2. The monoisotopic (exact) mass is 597 g/mol. The van der Waals surface area contributed by atoms with Crippen LogP contribution in [0.15, 0.2) is 77.7 Å². The van der Waals surface area contributed by atoms with Gasteiger partial charge in [0, 0.05) is 12.6 Å². The number of ether oxygens (including phenoxy) is 2. The molecule has 0 heterocycles. The van der Waals surface area contributed by atoms with Crippen molar-refractivity contribution in [1.82, 2.24) is 10.2 Å². The first-order valence-electron chi connectivity index (χ1n) is 13.8. The minimum Gasteiger partial charge on any atom is -0.497 e. The molecule has 3 aromatic carbocycles. The predicted molar refractivity (Wildman–Crippen MR) is 157 cm³/mol. The quantitative estimate of drug-likeness (QED) is 0.329. The summed E-state index contributed by atoms with van der Waals surface area (Å²) < 4.78 is 52.8.